The van der Waals surface area contributed by atoms with Crippen LogP contribution in [0.1, 0.15) is 23.8 Å². The third-order valence-corrected chi connectivity index (χ3v) is 1.92. The Morgan fingerprint density at radius 2 is 2.47 bits per heavy atom. The number of aromatic nitrogens is 2. The Morgan fingerprint density at radius 3 is 3.07 bits per heavy atom. The van der Waals surface area contributed by atoms with E-state index in [1.54, 1.807) is 4.68 Å². The number of anilines is 1. The van der Waals surface area contributed by atoms with Gasteiger partial charge in [0.2, 0.25) is 0 Å². The number of nitrogen functional groups attached to an aromatic ring is 1. The third kappa shape index (κ3) is 2.69. The molecule has 0 saturated carbocycles. The average molecular weight is 212 g/mol. The molecule has 0 bridgehead atoms. The molecule has 0 radical (unpaired) electrons. The highest BCUT2D eigenvalue weighted by atomic mass is 16.3. The maximum atomic E-state index is 11.6. The highest BCUT2D eigenvalue weighted by Gasteiger charge is 2.15. The van der Waals surface area contributed by atoms with Gasteiger partial charge in [-0.15, -0.1) is 0 Å². The Hall–Kier alpha value is -1.56. The molecule has 4 N–H and O–H groups in total. The van der Waals surface area contributed by atoms with Gasteiger partial charge in [-0.3, -0.25) is 9.48 Å². The first-order valence-electron chi connectivity index (χ1n) is 4.91. The van der Waals surface area contributed by atoms with Crippen molar-refractivity contribution in [1.29, 1.82) is 0 Å². The van der Waals surface area contributed by atoms with Gasteiger partial charge in [-0.2, -0.15) is 5.10 Å². The summed E-state index contributed by atoms with van der Waals surface area (Å²) < 4.78 is 1.57. The molecule has 1 rings (SSSR count). The quantitative estimate of drug-likeness (QED) is 0.619. The summed E-state index contributed by atoms with van der Waals surface area (Å²) in [6.07, 6.45) is 2.34. The number of aliphatic hydroxyl groups excluding tert-OH is 1. The highest BCUT2D eigenvalue weighted by molar-refractivity contribution is 5.97. The number of nitrogens with two attached hydrogens (primary N) is 1. The van der Waals surface area contributed by atoms with Crippen LogP contribution in [0.15, 0.2) is 6.20 Å². The molecular formula is C9H16N4O2. The maximum Gasteiger partial charge on any atom is 0.271 e. The second-order valence-electron chi connectivity index (χ2n) is 3.15. The summed E-state index contributed by atoms with van der Waals surface area (Å²) in [6, 6.07) is 0. The first-order valence-corrected chi connectivity index (χ1v) is 4.91. The summed E-state index contributed by atoms with van der Waals surface area (Å²) in [5.41, 5.74) is 6.36. The smallest absolute Gasteiger partial charge is 0.271 e. The molecule has 0 saturated heterocycles. The molecule has 0 spiro atoms. The second-order valence-corrected chi connectivity index (χ2v) is 3.15. The van der Waals surface area contributed by atoms with E-state index >= 15 is 0 Å². The molecular weight excluding hydrogens is 196 g/mol. The molecule has 1 heterocycles. The molecule has 15 heavy (non-hydrogen) atoms. The lowest BCUT2D eigenvalue weighted by atomic mass is 10.3. The summed E-state index contributed by atoms with van der Waals surface area (Å²) >= 11 is 0. The molecule has 0 fully saturated rings. The molecule has 1 aromatic rings. The number of carbonyl (C=O) groups excluding carboxylic acids is 1. The van der Waals surface area contributed by atoms with E-state index in [0.29, 0.717) is 17.9 Å². The van der Waals surface area contributed by atoms with Crippen molar-refractivity contribution in [3.8, 4) is 0 Å². The van der Waals surface area contributed by atoms with Gasteiger partial charge >= 0.3 is 0 Å². The van der Waals surface area contributed by atoms with Crippen LogP contribution in [0.5, 0.6) is 0 Å². The monoisotopic (exact) mass is 212 g/mol. The predicted octanol–water partition coefficient (Wildman–Crippen LogP) is -0.403. The van der Waals surface area contributed by atoms with Crippen LogP contribution in [0.4, 0.5) is 5.69 Å². The summed E-state index contributed by atoms with van der Waals surface area (Å²) in [5, 5.41) is 15.1. The lowest BCUT2D eigenvalue weighted by Gasteiger charge is -2.07. The van der Waals surface area contributed by atoms with Crippen molar-refractivity contribution in [2.45, 2.75) is 19.9 Å². The molecule has 0 aliphatic carbocycles. The molecule has 0 atom stereocenters. The predicted molar refractivity (Wildman–Crippen MR) is 56.3 cm³/mol. The minimum absolute atomic E-state index is 0.0897. The first kappa shape index (κ1) is 11.5. The minimum atomic E-state index is -0.299. The Labute approximate surface area is 88.1 Å². The van der Waals surface area contributed by atoms with Crippen molar-refractivity contribution >= 4 is 11.6 Å². The van der Waals surface area contributed by atoms with Crippen molar-refractivity contribution in [2.75, 3.05) is 18.9 Å². The van der Waals surface area contributed by atoms with E-state index < -0.39 is 0 Å². The number of rotatable bonds is 5. The van der Waals surface area contributed by atoms with E-state index in [1.807, 2.05) is 6.92 Å². The van der Waals surface area contributed by atoms with Gasteiger partial charge in [0, 0.05) is 13.1 Å². The minimum Gasteiger partial charge on any atom is -0.396 e. The topological polar surface area (TPSA) is 93.2 Å². The van der Waals surface area contributed by atoms with E-state index in [9.17, 15) is 4.79 Å². The Balaban J connectivity index is 2.80. The van der Waals surface area contributed by atoms with Gasteiger partial charge < -0.3 is 16.2 Å². The number of aliphatic hydroxyl groups is 1. The number of hydrogen-bond acceptors (Lipinski definition) is 4. The van der Waals surface area contributed by atoms with Crippen molar-refractivity contribution in [2.24, 2.45) is 0 Å². The van der Waals surface area contributed by atoms with Crippen LogP contribution in [-0.4, -0.2) is 33.9 Å². The van der Waals surface area contributed by atoms with Gasteiger partial charge in [0.1, 0.15) is 5.69 Å². The summed E-state index contributed by atoms with van der Waals surface area (Å²) in [4.78, 5) is 11.6. The fourth-order valence-electron chi connectivity index (χ4n) is 1.28. The molecule has 0 unspecified atom stereocenters. The normalized spacial score (nSPS) is 10.3. The van der Waals surface area contributed by atoms with E-state index in [-0.39, 0.29) is 19.1 Å². The van der Waals surface area contributed by atoms with Gasteiger partial charge in [0.05, 0.1) is 18.5 Å². The third-order valence-electron chi connectivity index (χ3n) is 1.92. The zero-order valence-electron chi connectivity index (χ0n) is 8.73. The summed E-state index contributed by atoms with van der Waals surface area (Å²) in [6.45, 7) is 2.77. The van der Waals surface area contributed by atoms with Gasteiger partial charge in [-0.05, 0) is 6.42 Å². The molecule has 84 valence electrons. The number of carbonyl (C=O) groups is 1. The van der Waals surface area contributed by atoms with Crippen molar-refractivity contribution < 1.29 is 9.90 Å². The molecule has 0 aliphatic rings. The zero-order chi connectivity index (χ0) is 11.3. The standard InChI is InChI=1S/C9H16N4O2/c1-2-4-13-8(7(10)6-12-13)9(15)11-3-5-14/h6,14H,2-5,10H2,1H3,(H,11,15). The number of nitrogens with one attached hydrogen (secondary N) is 1. The maximum absolute atomic E-state index is 11.6. The molecule has 1 aromatic heterocycles. The van der Waals surface area contributed by atoms with E-state index in [4.69, 9.17) is 10.8 Å². The van der Waals surface area contributed by atoms with Crippen LogP contribution >= 0.6 is 0 Å². The van der Waals surface area contributed by atoms with Crippen LogP contribution < -0.4 is 11.1 Å². The summed E-state index contributed by atoms with van der Waals surface area (Å²) in [7, 11) is 0. The Morgan fingerprint density at radius 1 is 1.73 bits per heavy atom. The van der Waals surface area contributed by atoms with E-state index in [1.165, 1.54) is 6.20 Å². The molecule has 6 nitrogen and oxygen atoms in total. The van der Waals surface area contributed by atoms with Gasteiger partial charge in [-0.25, -0.2) is 0 Å². The van der Waals surface area contributed by atoms with Gasteiger partial charge in [0.25, 0.3) is 5.91 Å². The molecule has 0 aromatic carbocycles. The average Bonchev–Trinajstić information content (AvgIpc) is 2.57. The van der Waals surface area contributed by atoms with Gasteiger partial charge in [-0.1, -0.05) is 6.92 Å². The number of nitrogens with zero attached hydrogens (tertiary/aromatic N) is 2. The lowest BCUT2D eigenvalue weighted by molar-refractivity contribution is 0.0934. The van der Waals surface area contributed by atoms with Gasteiger partial charge in [0.15, 0.2) is 0 Å². The van der Waals surface area contributed by atoms with E-state index in [2.05, 4.69) is 10.4 Å². The largest absolute Gasteiger partial charge is 0.396 e. The molecule has 1 amide bonds. The van der Waals surface area contributed by atoms with Crippen LogP contribution in [-0.2, 0) is 6.54 Å². The fraction of sp³-hybridized carbons (Fsp3) is 0.556. The zero-order valence-corrected chi connectivity index (χ0v) is 8.73. The fourth-order valence-corrected chi connectivity index (χ4v) is 1.28. The van der Waals surface area contributed by atoms with Crippen molar-refractivity contribution in [1.82, 2.24) is 15.1 Å². The summed E-state index contributed by atoms with van der Waals surface area (Å²) in [5.74, 6) is -0.299. The molecule has 0 aliphatic heterocycles. The van der Waals surface area contributed by atoms with Crippen LogP contribution in [0.3, 0.4) is 0 Å². The Kier molecular flexibility index (Phi) is 4.11. The van der Waals surface area contributed by atoms with Crippen molar-refractivity contribution in [3.05, 3.63) is 11.9 Å². The van der Waals surface area contributed by atoms with Crippen LogP contribution in [0, 0.1) is 0 Å². The molecule has 6 heteroatoms. The second kappa shape index (κ2) is 5.35. The lowest BCUT2D eigenvalue weighted by Crippen LogP contribution is -2.29. The first-order chi connectivity index (χ1) is 7.20. The number of hydrogen-bond donors (Lipinski definition) is 3. The SMILES string of the molecule is CCCn1ncc(N)c1C(=O)NCCO. The number of amides is 1. The van der Waals surface area contributed by atoms with Crippen LogP contribution in [0.2, 0.25) is 0 Å². The highest BCUT2D eigenvalue weighted by Crippen LogP contribution is 2.10. The Bertz CT molecular complexity index is 335. The van der Waals surface area contributed by atoms with Crippen LogP contribution in [0.25, 0.3) is 0 Å². The van der Waals surface area contributed by atoms with Crippen molar-refractivity contribution in [3.63, 3.8) is 0 Å². The van der Waals surface area contributed by atoms with E-state index in [0.717, 1.165) is 6.42 Å². The number of aryl methyl sites for hydroxylation is 1.